The van der Waals surface area contributed by atoms with Gasteiger partial charge in [0.15, 0.2) is 5.76 Å². The molecule has 0 aliphatic carbocycles. The predicted octanol–water partition coefficient (Wildman–Crippen LogP) is 2.70. The van der Waals surface area contributed by atoms with Crippen molar-refractivity contribution in [3.05, 3.63) is 77.8 Å². The molecule has 1 aromatic carbocycles. The summed E-state index contributed by atoms with van der Waals surface area (Å²) in [6, 6.07) is 11.8. The topological polar surface area (TPSA) is 63.3 Å². The second kappa shape index (κ2) is 6.91. The van der Waals surface area contributed by atoms with Gasteiger partial charge in [-0.2, -0.15) is 5.10 Å². The summed E-state index contributed by atoms with van der Waals surface area (Å²) in [5, 5.41) is 7.56. The molecular formula is C21H21FN4O2. The van der Waals surface area contributed by atoms with Crippen molar-refractivity contribution in [2.45, 2.75) is 12.6 Å². The highest BCUT2D eigenvalue weighted by Gasteiger charge is 2.47. The highest BCUT2D eigenvalue weighted by molar-refractivity contribution is 5.92. The second-order valence-electron chi connectivity index (χ2n) is 7.51. The van der Waals surface area contributed by atoms with Crippen LogP contribution < -0.4 is 5.32 Å². The number of aromatic nitrogens is 2. The van der Waals surface area contributed by atoms with E-state index >= 15 is 0 Å². The molecule has 6 nitrogen and oxygen atoms in total. The van der Waals surface area contributed by atoms with Crippen molar-refractivity contribution in [2.75, 3.05) is 19.6 Å². The van der Waals surface area contributed by atoms with Crippen LogP contribution in [0.3, 0.4) is 0 Å². The number of halogens is 1. The first-order valence-electron chi connectivity index (χ1n) is 9.52. The van der Waals surface area contributed by atoms with Gasteiger partial charge in [-0.05, 0) is 41.8 Å². The number of hydrogen-bond acceptors (Lipinski definition) is 4. The average molecular weight is 380 g/mol. The third-order valence-electron chi connectivity index (χ3n) is 5.77. The molecule has 2 aliphatic heterocycles. The lowest BCUT2D eigenvalue weighted by Gasteiger charge is -2.27. The maximum Gasteiger partial charge on any atom is 0.290 e. The number of carbonyl (C=O) groups excluding carboxylic acids is 1. The summed E-state index contributed by atoms with van der Waals surface area (Å²) in [4.78, 5) is 15.1. The van der Waals surface area contributed by atoms with E-state index < -0.39 is 0 Å². The van der Waals surface area contributed by atoms with Crippen LogP contribution in [0.5, 0.6) is 0 Å². The van der Waals surface area contributed by atoms with Gasteiger partial charge < -0.3 is 14.6 Å². The van der Waals surface area contributed by atoms with Gasteiger partial charge >= 0.3 is 0 Å². The smallest absolute Gasteiger partial charge is 0.290 e. The minimum atomic E-state index is -0.279. The number of nitrogens with zero attached hydrogens (tertiary/aromatic N) is 3. The summed E-state index contributed by atoms with van der Waals surface area (Å²) in [6.07, 6.45) is 3.55. The van der Waals surface area contributed by atoms with E-state index in [-0.39, 0.29) is 23.7 Å². The molecule has 3 aromatic rings. The molecule has 0 saturated carbocycles. The van der Waals surface area contributed by atoms with E-state index in [9.17, 15) is 9.18 Å². The summed E-state index contributed by atoms with van der Waals surface area (Å²) >= 11 is 0. The van der Waals surface area contributed by atoms with Gasteiger partial charge in [-0.3, -0.25) is 9.48 Å². The standard InChI is InChI=1S/C21H21FN4O2/c22-16-4-1-3-14(9-16)20-18-11-23-10-15(18)12-26(20)21(27)19-6-5-17(28-19)13-25-8-2-7-24-25/h1-9,15,18,20,23H,10-13H2/t15-,18-,20+/m0/s1. The number of likely N-dealkylation sites (tertiary alicyclic amines) is 1. The molecule has 2 saturated heterocycles. The molecule has 5 rings (SSSR count). The molecule has 1 N–H and O–H groups in total. The van der Waals surface area contributed by atoms with Crippen LogP contribution in [0.25, 0.3) is 0 Å². The number of fused-ring (bicyclic) bond motifs is 1. The first kappa shape index (κ1) is 17.2. The van der Waals surface area contributed by atoms with E-state index in [1.54, 1.807) is 23.0 Å². The molecule has 4 heterocycles. The number of furan rings is 1. The molecule has 2 aromatic heterocycles. The van der Waals surface area contributed by atoms with Crippen molar-refractivity contribution >= 4 is 5.91 Å². The number of rotatable bonds is 4. The molecule has 0 radical (unpaired) electrons. The largest absolute Gasteiger partial charge is 0.454 e. The fraction of sp³-hybridized carbons (Fsp3) is 0.333. The summed E-state index contributed by atoms with van der Waals surface area (Å²) in [5.41, 5.74) is 0.841. The second-order valence-corrected chi connectivity index (χ2v) is 7.51. The summed E-state index contributed by atoms with van der Waals surface area (Å²) in [6.45, 7) is 2.83. The number of carbonyl (C=O) groups is 1. The van der Waals surface area contributed by atoms with Gasteiger partial charge in [0.2, 0.25) is 0 Å². The average Bonchev–Trinajstić information content (AvgIpc) is 3.46. The zero-order valence-electron chi connectivity index (χ0n) is 15.3. The molecule has 144 valence electrons. The summed E-state index contributed by atoms with van der Waals surface area (Å²) in [7, 11) is 0. The lowest BCUT2D eigenvalue weighted by atomic mass is 9.89. The van der Waals surface area contributed by atoms with E-state index in [1.807, 2.05) is 29.3 Å². The molecule has 0 spiro atoms. The minimum absolute atomic E-state index is 0.143. The monoisotopic (exact) mass is 380 g/mol. The first-order chi connectivity index (χ1) is 13.7. The zero-order valence-corrected chi connectivity index (χ0v) is 15.3. The third kappa shape index (κ3) is 3.01. The lowest BCUT2D eigenvalue weighted by molar-refractivity contribution is 0.0679. The van der Waals surface area contributed by atoms with Crippen LogP contribution in [-0.4, -0.2) is 40.2 Å². The zero-order chi connectivity index (χ0) is 19.1. The van der Waals surface area contributed by atoms with Crippen molar-refractivity contribution < 1.29 is 13.6 Å². The van der Waals surface area contributed by atoms with E-state index in [0.29, 0.717) is 30.5 Å². The quantitative estimate of drug-likeness (QED) is 0.756. The Morgan fingerprint density at radius 2 is 2.18 bits per heavy atom. The molecular weight excluding hydrogens is 359 g/mol. The third-order valence-corrected chi connectivity index (χ3v) is 5.77. The normalized spacial score (nSPS) is 23.9. The van der Waals surface area contributed by atoms with Crippen LogP contribution in [0.4, 0.5) is 4.39 Å². The van der Waals surface area contributed by atoms with Crippen molar-refractivity contribution in [3.8, 4) is 0 Å². The van der Waals surface area contributed by atoms with E-state index in [2.05, 4.69) is 10.4 Å². The Bertz CT molecular complexity index is 984. The van der Waals surface area contributed by atoms with Gasteiger partial charge in [-0.25, -0.2) is 4.39 Å². The highest BCUT2D eigenvalue weighted by Crippen LogP contribution is 2.43. The van der Waals surface area contributed by atoms with E-state index in [0.717, 1.165) is 18.7 Å². The van der Waals surface area contributed by atoms with Gasteiger partial charge in [0.25, 0.3) is 5.91 Å². The fourth-order valence-electron chi connectivity index (χ4n) is 4.52. The van der Waals surface area contributed by atoms with Crippen molar-refractivity contribution in [1.82, 2.24) is 20.0 Å². The summed E-state index contributed by atoms with van der Waals surface area (Å²) < 4.78 is 21.4. The molecule has 2 aliphatic rings. The fourth-order valence-corrected chi connectivity index (χ4v) is 4.52. The predicted molar refractivity (Wildman–Crippen MR) is 100 cm³/mol. The van der Waals surface area contributed by atoms with Crippen LogP contribution in [-0.2, 0) is 6.54 Å². The Kier molecular flexibility index (Phi) is 4.24. The maximum absolute atomic E-state index is 13.9. The van der Waals surface area contributed by atoms with Gasteiger partial charge in [0.05, 0.1) is 12.6 Å². The number of amides is 1. The Morgan fingerprint density at radius 3 is 3.00 bits per heavy atom. The van der Waals surface area contributed by atoms with Gasteiger partial charge in [0.1, 0.15) is 11.6 Å². The Hall–Kier alpha value is -2.93. The minimum Gasteiger partial charge on any atom is -0.454 e. The van der Waals surface area contributed by atoms with Crippen molar-refractivity contribution in [3.63, 3.8) is 0 Å². The lowest BCUT2D eigenvalue weighted by Crippen LogP contribution is -2.34. The van der Waals surface area contributed by atoms with Gasteiger partial charge in [-0.1, -0.05) is 12.1 Å². The van der Waals surface area contributed by atoms with Gasteiger partial charge in [0, 0.05) is 37.9 Å². The number of benzene rings is 1. The SMILES string of the molecule is O=C(c1ccc(Cn2cccn2)o1)N1C[C@@H]2CNC[C@@H]2[C@H]1c1cccc(F)c1. The molecule has 28 heavy (non-hydrogen) atoms. The van der Waals surface area contributed by atoms with Crippen LogP contribution >= 0.6 is 0 Å². The molecule has 2 fully saturated rings. The van der Waals surface area contributed by atoms with Crippen LogP contribution in [0.1, 0.15) is 27.9 Å². The van der Waals surface area contributed by atoms with Crippen LogP contribution in [0, 0.1) is 17.7 Å². The maximum atomic E-state index is 13.9. The summed E-state index contributed by atoms with van der Waals surface area (Å²) in [5.74, 6) is 1.22. The first-order valence-corrected chi connectivity index (χ1v) is 9.52. The van der Waals surface area contributed by atoms with E-state index in [1.165, 1.54) is 12.1 Å². The molecule has 7 heteroatoms. The Balaban J connectivity index is 1.42. The van der Waals surface area contributed by atoms with Crippen molar-refractivity contribution in [1.29, 1.82) is 0 Å². The Morgan fingerprint density at radius 1 is 1.25 bits per heavy atom. The van der Waals surface area contributed by atoms with Crippen molar-refractivity contribution in [2.24, 2.45) is 11.8 Å². The number of nitrogens with one attached hydrogen (secondary N) is 1. The molecule has 0 unspecified atom stereocenters. The molecule has 0 bridgehead atoms. The van der Waals surface area contributed by atoms with Crippen LogP contribution in [0.15, 0.2) is 59.3 Å². The molecule has 1 amide bonds. The van der Waals surface area contributed by atoms with Crippen LogP contribution in [0.2, 0.25) is 0 Å². The van der Waals surface area contributed by atoms with Gasteiger partial charge in [-0.15, -0.1) is 0 Å². The van der Waals surface area contributed by atoms with E-state index in [4.69, 9.17) is 4.42 Å². The number of hydrogen-bond donors (Lipinski definition) is 1. The molecule has 3 atom stereocenters. The Labute approximate surface area is 161 Å². The highest BCUT2D eigenvalue weighted by atomic mass is 19.1.